The van der Waals surface area contributed by atoms with Crippen LogP contribution in [0.2, 0.25) is 0 Å². The zero-order valence-corrected chi connectivity index (χ0v) is 11.3. The molecule has 1 aromatic heterocycles. The third-order valence-corrected chi connectivity index (χ3v) is 3.36. The Kier molecular flexibility index (Phi) is 3.60. The first-order valence-corrected chi connectivity index (χ1v) is 6.17. The van der Waals surface area contributed by atoms with E-state index in [1.165, 1.54) is 0 Å². The van der Waals surface area contributed by atoms with Crippen molar-refractivity contribution in [2.24, 2.45) is 5.73 Å². The molecule has 3 nitrogen and oxygen atoms in total. The number of aromatic nitrogens is 2. The van der Waals surface area contributed by atoms with Crippen molar-refractivity contribution in [2.75, 3.05) is 6.54 Å². The smallest absolute Gasteiger partial charge is 0.330 e. The van der Waals surface area contributed by atoms with E-state index in [-0.39, 0.29) is 11.1 Å². The lowest BCUT2D eigenvalue weighted by Gasteiger charge is -2.23. The van der Waals surface area contributed by atoms with Gasteiger partial charge in [0.05, 0.1) is 5.69 Å². The molecule has 6 heteroatoms. The normalized spacial score (nSPS) is 12.7. The number of hydrogen-bond donors (Lipinski definition) is 2. The lowest BCUT2D eigenvalue weighted by molar-refractivity contribution is -0.141. The molecule has 0 aliphatic heterocycles. The van der Waals surface area contributed by atoms with Crippen molar-refractivity contribution in [3.63, 3.8) is 0 Å². The first kappa shape index (κ1) is 14.6. The number of aromatic amines is 1. The second-order valence-electron chi connectivity index (χ2n) is 5.33. The second kappa shape index (κ2) is 4.94. The summed E-state index contributed by atoms with van der Waals surface area (Å²) in [6.07, 6.45) is -4.41. The summed E-state index contributed by atoms with van der Waals surface area (Å²) >= 11 is 0. The van der Waals surface area contributed by atoms with Crippen LogP contribution < -0.4 is 5.73 Å². The number of hydrogen-bond acceptors (Lipinski definition) is 2. The van der Waals surface area contributed by atoms with Crippen molar-refractivity contribution in [2.45, 2.75) is 25.4 Å². The number of nitrogens with one attached hydrogen (secondary N) is 1. The number of halogens is 3. The highest BCUT2D eigenvalue weighted by Gasteiger charge is 2.33. The third-order valence-electron chi connectivity index (χ3n) is 3.36. The summed E-state index contributed by atoms with van der Waals surface area (Å²) in [7, 11) is 0. The molecule has 0 saturated heterocycles. The molecule has 0 atom stereocenters. The maximum Gasteiger partial charge on any atom is 0.432 e. The number of benzene rings is 1. The molecule has 0 fully saturated rings. The number of H-pyrrole nitrogens is 1. The minimum atomic E-state index is -4.41. The molecule has 0 bridgehead atoms. The van der Waals surface area contributed by atoms with Crippen molar-refractivity contribution < 1.29 is 13.2 Å². The molecule has 0 unspecified atom stereocenters. The molecule has 3 N–H and O–H groups in total. The first-order chi connectivity index (χ1) is 9.24. The van der Waals surface area contributed by atoms with Crippen LogP contribution in [0.5, 0.6) is 0 Å². The fourth-order valence-electron chi connectivity index (χ4n) is 1.82. The topological polar surface area (TPSA) is 54.7 Å². The largest absolute Gasteiger partial charge is 0.432 e. The Labute approximate surface area is 115 Å². The Hall–Kier alpha value is -1.82. The Balaban J connectivity index is 2.29. The van der Waals surface area contributed by atoms with E-state index in [1.807, 2.05) is 31.1 Å². The molecule has 0 amide bonds. The van der Waals surface area contributed by atoms with Crippen LogP contribution in [0.15, 0.2) is 30.3 Å². The molecule has 0 aliphatic rings. The molecule has 108 valence electrons. The summed E-state index contributed by atoms with van der Waals surface area (Å²) in [5, 5.41) is 5.70. The van der Waals surface area contributed by atoms with Crippen LogP contribution in [-0.2, 0) is 11.6 Å². The first-order valence-electron chi connectivity index (χ1n) is 6.17. The van der Waals surface area contributed by atoms with Crippen molar-refractivity contribution in [3.05, 3.63) is 41.6 Å². The van der Waals surface area contributed by atoms with E-state index in [0.29, 0.717) is 12.1 Å². The number of rotatable bonds is 3. The van der Waals surface area contributed by atoms with Gasteiger partial charge < -0.3 is 5.73 Å². The van der Waals surface area contributed by atoms with Gasteiger partial charge >= 0.3 is 6.18 Å². The third kappa shape index (κ3) is 2.85. The van der Waals surface area contributed by atoms with E-state index >= 15 is 0 Å². The van der Waals surface area contributed by atoms with Gasteiger partial charge in [0.15, 0.2) is 0 Å². The average molecular weight is 283 g/mol. The fraction of sp³-hybridized carbons (Fsp3) is 0.357. The average Bonchev–Trinajstić information content (AvgIpc) is 2.88. The van der Waals surface area contributed by atoms with Crippen LogP contribution in [0.25, 0.3) is 11.3 Å². The van der Waals surface area contributed by atoms with Crippen LogP contribution in [0.1, 0.15) is 25.1 Å². The Morgan fingerprint density at radius 2 is 1.75 bits per heavy atom. The van der Waals surface area contributed by atoms with Crippen molar-refractivity contribution in [1.82, 2.24) is 10.2 Å². The van der Waals surface area contributed by atoms with Gasteiger partial charge in [-0.05, 0) is 11.6 Å². The molecule has 2 aromatic rings. The van der Waals surface area contributed by atoms with E-state index in [9.17, 15) is 13.2 Å². The van der Waals surface area contributed by atoms with Gasteiger partial charge in [0.1, 0.15) is 5.69 Å². The molecule has 0 spiro atoms. The van der Waals surface area contributed by atoms with Crippen LogP contribution in [0.3, 0.4) is 0 Å². The van der Waals surface area contributed by atoms with Crippen LogP contribution in [0, 0.1) is 0 Å². The van der Waals surface area contributed by atoms with Gasteiger partial charge in [0.25, 0.3) is 0 Å². The summed E-state index contributed by atoms with van der Waals surface area (Å²) in [5.74, 6) is 0. The summed E-state index contributed by atoms with van der Waals surface area (Å²) < 4.78 is 37.5. The summed E-state index contributed by atoms with van der Waals surface area (Å²) in [4.78, 5) is 0. The van der Waals surface area contributed by atoms with Crippen LogP contribution >= 0.6 is 0 Å². The minimum Gasteiger partial charge on any atom is -0.330 e. The molecule has 0 radical (unpaired) electrons. The molecule has 0 aliphatic carbocycles. The lowest BCUT2D eigenvalue weighted by Crippen LogP contribution is -2.27. The van der Waals surface area contributed by atoms with Gasteiger partial charge in [0.2, 0.25) is 0 Å². The highest BCUT2D eigenvalue weighted by atomic mass is 19.4. The highest BCUT2D eigenvalue weighted by molar-refractivity contribution is 5.60. The number of nitrogens with two attached hydrogens (primary N) is 1. The van der Waals surface area contributed by atoms with Crippen LogP contribution in [-0.4, -0.2) is 16.7 Å². The van der Waals surface area contributed by atoms with E-state index in [0.717, 1.165) is 11.6 Å². The summed E-state index contributed by atoms with van der Waals surface area (Å²) in [6.45, 7) is 4.52. The predicted octanol–water partition coefficient (Wildman–Crippen LogP) is 3.33. The molecule has 1 aromatic carbocycles. The van der Waals surface area contributed by atoms with Crippen molar-refractivity contribution in [1.29, 1.82) is 0 Å². The maximum atomic E-state index is 12.5. The number of alkyl halides is 3. The van der Waals surface area contributed by atoms with Gasteiger partial charge in [-0.25, -0.2) is 0 Å². The lowest BCUT2D eigenvalue weighted by atomic mass is 9.84. The summed E-state index contributed by atoms with van der Waals surface area (Å²) in [5.41, 5.74) is 6.63. The SMILES string of the molecule is CC(C)(CN)c1ccc(-c2cc(C(F)(F)F)[nH]n2)cc1. The van der Waals surface area contributed by atoms with Crippen LogP contribution in [0.4, 0.5) is 13.2 Å². The van der Waals surface area contributed by atoms with Crippen molar-refractivity contribution in [3.8, 4) is 11.3 Å². The van der Waals surface area contributed by atoms with Gasteiger partial charge in [-0.2, -0.15) is 18.3 Å². The predicted molar refractivity (Wildman–Crippen MR) is 71.1 cm³/mol. The van der Waals surface area contributed by atoms with E-state index < -0.39 is 11.9 Å². The van der Waals surface area contributed by atoms with Gasteiger partial charge in [0, 0.05) is 17.5 Å². The standard InChI is InChI=1S/C14H16F3N3/c1-13(2,8-18)10-5-3-9(4-6-10)11-7-12(20-19-11)14(15,16)17/h3-7H,8,18H2,1-2H3,(H,19,20). The fourth-order valence-corrected chi connectivity index (χ4v) is 1.82. The van der Waals surface area contributed by atoms with Crippen molar-refractivity contribution >= 4 is 0 Å². The molecule has 20 heavy (non-hydrogen) atoms. The zero-order chi connectivity index (χ0) is 15.0. The van der Waals surface area contributed by atoms with E-state index in [1.54, 1.807) is 12.1 Å². The molecule has 0 saturated carbocycles. The van der Waals surface area contributed by atoms with E-state index in [2.05, 4.69) is 5.10 Å². The minimum absolute atomic E-state index is 0.165. The molecular formula is C14H16F3N3. The zero-order valence-electron chi connectivity index (χ0n) is 11.3. The quantitative estimate of drug-likeness (QED) is 0.907. The van der Waals surface area contributed by atoms with Gasteiger partial charge in [-0.15, -0.1) is 0 Å². The van der Waals surface area contributed by atoms with Gasteiger partial charge in [-0.1, -0.05) is 38.1 Å². The van der Waals surface area contributed by atoms with E-state index in [4.69, 9.17) is 5.73 Å². The molecule has 1 heterocycles. The molecule has 2 rings (SSSR count). The Morgan fingerprint density at radius 1 is 1.15 bits per heavy atom. The van der Waals surface area contributed by atoms with Gasteiger partial charge in [-0.3, -0.25) is 5.10 Å². The Bertz CT molecular complexity index is 582. The monoisotopic (exact) mass is 283 g/mol. The molecular weight excluding hydrogens is 267 g/mol. The number of nitrogens with zero attached hydrogens (tertiary/aromatic N) is 1. The highest BCUT2D eigenvalue weighted by Crippen LogP contribution is 2.31. The second-order valence-corrected chi connectivity index (χ2v) is 5.33. The maximum absolute atomic E-state index is 12.5. The Morgan fingerprint density at radius 3 is 2.20 bits per heavy atom. The summed E-state index contributed by atoms with van der Waals surface area (Å²) in [6, 6.07) is 8.24.